The van der Waals surface area contributed by atoms with Gasteiger partial charge in [-0.25, -0.2) is 14.1 Å². The highest BCUT2D eigenvalue weighted by atomic mass is 35.5. The zero-order valence-electron chi connectivity index (χ0n) is 11.6. The van der Waals surface area contributed by atoms with E-state index in [0.717, 1.165) is 5.52 Å². The van der Waals surface area contributed by atoms with E-state index in [1.54, 1.807) is 6.07 Å². The minimum atomic E-state index is -0.491. The summed E-state index contributed by atoms with van der Waals surface area (Å²) in [6, 6.07) is 4.40. The molecule has 0 bridgehead atoms. The van der Waals surface area contributed by atoms with Crippen LogP contribution < -0.4 is 5.56 Å². The topological polar surface area (TPSA) is 52.7 Å². The summed E-state index contributed by atoms with van der Waals surface area (Å²) in [7, 11) is 0. The molecule has 5 nitrogen and oxygen atoms in total. The van der Waals surface area contributed by atoms with E-state index < -0.39 is 5.56 Å². The van der Waals surface area contributed by atoms with Crippen molar-refractivity contribution in [2.24, 2.45) is 0 Å². The molecule has 0 spiro atoms. The molecule has 22 heavy (non-hydrogen) atoms. The lowest BCUT2D eigenvalue weighted by atomic mass is 10.3. The van der Waals surface area contributed by atoms with Gasteiger partial charge in [0.25, 0.3) is 5.56 Å². The molecule has 0 aliphatic rings. The molecular weight excluding hydrogens is 330 g/mol. The quantitative estimate of drug-likeness (QED) is 0.736. The Balaban J connectivity index is 2.11. The summed E-state index contributed by atoms with van der Waals surface area (Å²) < 4.78 is 16.4. The van der Waals surface area contributed by atoms with E-state index in [1.807, 2.05) is 11.5 Å². The minimum absolute atomic E-state index is 0.0816. The number of hydrogen-bond acceptors (Lipinski definition) is 3. The van der Waals surface area contributed by atoms with E-state index in [1.165, 1.54) is 23.0 Å². The van der Waals surface area contributed by atoms with Crippen LogP contribution in [-0.2, 0) is 13.1 Å². The van der Waals surface area contributed by atoms with Crippen molar-refractivity contribution in [2.75, 3.05) is 0 Å². The zero-order valence-corrected chi connectivity index (χ0v) is 13.1. The molecule has 0 fully saturated rings. The van der Waals surface area contributed by atoms with E-state index >= 15 is 0 Å². The Bertz CT molecular complexity index is 919. The number of nitrogens with zero attached hydrogens (tertiary/aromatic N) is 4. The maximum absolute atomic E-state index is 13.3. The number of halogens is 3. The Kier molecular flexibility index (Phi) is 3.88. The molecule has 0 saturated carbocycles. The fraction of sp³-hybridized carbons (Fsp3) is 0.214. The van der Waals surface area contributed by atoms with Gasteiger partial charge in [-0.3, -0.25) is 4.79 Å². The molecule has 0 N–H and O–H groups in total. The largest absolute Gasteiger partial charge is 0.327 e. The van der Waals surface area contributed by atoms with Crippen LogP contribution in [0.3, 0.4) is 0 Å². The summed E-state index contributed by atoms with van der Waals surface area (Å²) in [5.74, 6) is 0.237. The Hall–Kier alpha value is -1.92. The van der Waals surface area contributed by atoms with Crippen molar-refractivity contribution in [3.63, 3.8) is 0 Å². The van der Waals surface area contributed by atoms with Crippen molar-refractivity contribution >= 4 is 34.2 Å². The molecule has 1 aromatic carbocycles. The number of imidazole rings is 1. The average molecular weight is 341 g/mol. The lowest BCUT2D eigenvalue weighted by Gasteiger charge is -2.08. The highest BCUT2D eigenvalue weighted by Gasteiger charge is 2.14. The lowest BCUT2D eigenvalue weighted by molar-refractivity contribution is 0.585. The van der Waals surface area contributed by atoms with Gasteiger partial charge in [0.1, 0.15) is 23.2 Å². The molecule has 114 valence electrons. The molecule has 0 unspecified atom stereocenters. The van der Waals surface area contributed by atoms with E-state index in [-0.39, 0.29) is 22.4 Å². The molecule has 0 radical (unpaired) electrons. The SMILES string of the molecule is CCn1c(Cn2ncc(Cl)c(Cl)c2=O)nc2cc(F)ccc21. The minimum Gasteiger partial charge on any atom is -0.327 e. The van der Waals surface area contributed by atoms with E-state index in [2.05, 4.69) is 10.1 Å². The summed E-state index contributed by atoms with van der Waals surface area (Å²) in [5.41, 5.74) is 0.840. The van der Waals surface area contributed by atoms with Gasteiger partial charge in [0, 0.05) is 12.6 Å². The smallest absolute Gasteiger partial charge is 0.287 e. The van der Waals surface area contributed by atoms with Gasteiger partial charge in [0.05, 0.1) is 22.3 Å². The van der Waals surface area contributed by atoms with Crippen molar-refractivity contribution < 1.29 is 4.39 Å². The average Bonchev–Trinajstić information content (AvgIpc) is 2.84. The summed E-state index contributed by atoms with van der Waals surface area (Å²) in [5, 5.41) is 3.98. The van der Waals surface area contributed by atoms with Crippen molar-refractivity contribution in [3.8, 4) is 0 Å². The highest BCUT2D eigenvalue weighted by molar-refractivity contribution is 6.41. The number of benzene rings is 1. The molecule has 3 rings (SSSR count). The fourth-order valence-corrected chi connectivity index (χ4v) is 2.59. The van der Waals surface area contributed by atoms with Gasteiger partial charge in [0.2, 0.25) is 0 Å². The van der Waals surface area contributed by atoms with Crippen LogP contribution >= 0.6 is 23.2 Å². The molecule has 0 atom stereocenters. The standard InChI is InChI=1S/C14H11Cl2FN4O/c1-2-20-11-4-3-8(17)5-10(11)19-12(20)7-21-14(22)13(16)9(15)6-18-21/h3-6H,2,7H2,1H3. The van der Waals surface area contributed by atoms with Crippen LogP contribution in [0.15, 0.2) is 29.2 Å². The summed E-state index contributed by atoms with van der Waals surface area (Å²) in [6.07, 6.45) is 1.31. The third-order valence-electron chi connectivity index (χ3n) is 3.34. The molecule has 0 saturated heterocycles. The van der Waals surface area contributed by atoms with E-state index in [4.69, 9.17) is 23.2 Å². The van der Waals surface area contributed by atoms with Gasteiger partial charge in [0.15, 0.2) is 0 Å². The van der Waals surface area contributed by atoms with Crippen LogP contribution in [0.4, 0.5) is 4.39 Å². The second-order valence-corrected chi connectivity index (χ2v) is 5.46. The first-order valence-electron chi connectivity index (χ1n) is 6.57. The Morgan fingerprint density at radius 2 is 2.09 bits per heavy atom. The molecule has 0 aliphatic carbocycles. The Morgan fingerprint density at radius 3 is 2.82 bits per heavy atom. The first kappa shape index (κ1) is 15.0. The molecule has 8 heteroatoms. The maximum Gasteiger partial charge on any atom is 0.287 e. The molecular formula is C14H11Cl2FN4O. The van der Waals surface area contributed by atoms with Crippen LogP contribution in [0.2, 0.25) is 10.0 Å². The normalized spacial score (nSPS) is 11.3. The summed E-state index contributed by atoms with van der Waals surface area (Å²) >= 11 is 11.6. The van der Waals surface area contributed by atoms with E-state index in [0.29, 0.717) is 17.9 Å². The molecule has 2 aromatic heterocycles. The number of rotatable bonds is 3. The van der Waals surface area contributed by atoms with Gasteiger partial charge in [-0.15, -0.1) is 0 Å². The monoisotopic (exact) mass is 340 g/mol. The Labute approximate surface area is 134 Å². The molecule has 2 heterocycles. The second kappa shape index (κ2) is 5.70. The number of fused-ring (bicyclic) bond motifs is 1. The van der Waals surface area contributed by atoms with Gasteiger partial charge in [-0.2, -0.15) is 5.10 Å². The third kappa shape index (κ3) is 2.48. The molecule has 0 aliphatic heterocycles. The van der Waals surface area contributed by atoms with Crippen molar-refractivity contribution in [2.45, 2.75) is 20.0 Å². The fourth-order valence-electron chi connectivity index (χ4n) is 2.32. The van der Waals surface area contributed by atoms with Crippen LogP contribution in [-0.4, -0.2) is 19.3 Å². The zero-order chi connectivity index (χ0) is 15.9. The maximum atomic E-state index is 13.3. The van der Waals surface area contributed by atoms with Gasteiger partial charge in [-0.05, 0) is 19.1 Å². The predicted molar refractivity (Wildman–Crippen MR) is 83.0 cm³/mol. The van der Waals surface area contributed by atoms with E-state index in [9.17, 15) is 9.18 Å². The number of hydrogen-bond donors (Lipinski definition) is 0. The second-order valence-electron chi connectivity index (χ2n) is 4.67. The van der Waals surface area contributed by atoms with Crippen molar-refractivity contribution in [1.82, 2.24) is 19.3 Å². The lowest BCUT2D eigenvalue weighted by Crippen LogP contribution is -2.25. The summed E-state index contributed by atoms with van der Waals surface area (Å²) in [4.78, 5) is 16.4. The Morgan fingerprint density at radius 1 is 1.32 bits per heavy atom. The number of aromatic nitrogens is 4. The first-order chi connectivity index (χ1) is 10.5. The third-order valence-corrected chi connectivity index (χ3v) is 4.09. The van der Waals surface area contributed by atoms with Gasteiger partial charge >= 0.3 is 0 Å². The number of aryl methyl sites for hydroxylation is 1. The first-order valence-corrected chi connectivity index (χ1v) is 7.32. The van der Waals surface area contributed by atoms with Crippen LogP contribution in [0, 0.1) is 5.82 Å². The van der Waals surface area contributed by atoms with Crippen LogP contribution in [0.25, 0.3) is 11.0 Å². The van der Waals surface area contributed by atoms with Crippen molar-refractivity contribution in [3.05, 3.63) is 56.4 Å². The summed E-state index contributed by atoms with van der Waals surface area (Å²) in [6.45, 7) is 2.70. The van der Waals surface area contributed by atoms with Crippen LogP contribution in [0.1, 0.15) is 12.7 Å². The van der Waals surface area contributed by atoms with Crippen molar-refractivity contribution in [1.29, 1.82) is 0 Å². The molecule has 0 amide bonds. The molecule has 3 aromatic rings. The van der Waals surface area contributed by atoms with Crippen LogP contribution in [0.5, 0.6) is 0 Å². The van der Waals surface area contributed by atoms with Gasteiger partial charge in [-0.1, -0.05) is 23.2 Å². The predicted octanol–water partition coefficient (Wildman–Crippen LogP) is 3.11. The highest BCUT2D eigenvalue weighted by Crippen LogP contribution is 2.19. The van der Waals surface area contributed by atoms with Gasteiger partial charge < -0.3 is 4.57 Å².